The van der Waals surface area contributed by atoms with Gasteiger partial charge in [0.15, 0.2) is 0 Å². The lowest BCUT2D eigenvalue weighted by molar-refractivity contribution is -0.143. The quantitative estimate of drug-likeness (QED) is 0.0320. The summed E-state index contributed by atoms with van der Waals surface area (Å²) in [7, 11) is 0. The Kier molecular flexibility index (Phi) is 63.0. The van der Waals surface area contributed by atoms with Gasteiger partial charge in [-0.2, -0.15) is 0 Å². The van der Waals surface area contributed by atoms with Crippen LogP contribution in [0, 0.1) is 0 Å². The fourth-order valence-electron chi connectivity index (χ4n) is 10.5. The van der Waals surface area contributed by atoms with Crippen molar-refractivity contribution in [3.63, 3.8) is 0 Å². The number of nitrogens with one attached hydrogen (secondary N) is 1. The number of aliphatic hydroxyl groups excluding tert-OH is 2. The number of carbonyl (C=O) groups is 2. The van der Waals surface area contributed by atoms with Crippen LogP contribution in [0.1, 0.15) is 367 Å². The fraction of sp³-hybridized carbons (Fsp3) is 0.884. The van der Waals surface area contributed by atoms with E-state index < -0.39 is 12.1 Å². The minimum absolute atomic E-state index is 0.0146. The Labute approximate surface area is 468 Å². The first-order valence-electron chi connectivity index (χ1n) is 33.8. The second kappa shape index (κ2) is 64.6. The van der Waals surface area contributed by atoms with Gasteiger partial charge in [0.1, 0.15) is 0 Å². The minimum atomic E-state index is -0.843. The van der Waals surface area contributed by atoms with Gasteiger partial charge in [0.05, 0.1) is 25.4 Å². The molecule has 0 aliphatic rings. The van der Waals surface area contributed by atoms with Crippen molar-refractivity contribution in [3.05, 3.63) is 36.5 Å². The molecule has 0 saturated carbocycles. The van der Waals surface area contributed by atoms with Gasteiger partial charge in [-0.3, -0.25) is 9.59 Å². The Morgan fingerprint density at radius 3 is 1.01 bits per heavy atom. The van der Waals surface area contributed by atoms with Crippen molar-refractivity contribution >= 4 is 11.9 Å². The summed E-state index contributed by atoms with van der Waals surface area (Å²) in [5.74, 6) is -0.0514. The smallest absolute Gasteiger partial charge is 0.305 e. The Bertz CT molecular complexity index is 1210. The van der Waals surface area contributed by atoms with Gasteiger partial charge in [-0.15, -0.1) is 0 Å². The van der Waals surface area contributed by atoms with Crippen molar-refractivity contribution in [1.82, 2.24) is 5.32 Å². The third-order valence-corrected chi connectivity index (χ3v) is 15.7. The summed E-state index contributed by atoms with van der Waals surface area (Å²) in [5.41, 5.74) is 0. The van der Waals surface area contributed by atoms with Crippen molar-refractivity contribution < 1.29 is 24.5 Å². The van der Waals surface area contributed by atoms with E-state index in [1.54, 1.807) is 6.08 Å². The summed E-state index contributed by atoms with van der Waals surface area (Å²) in [6.45, 7) is 4.92. The first-order chi connectivity index (χ1) is 37.0. The maximum atomic E-state index is 12.5. The molecule has 0 aliphatic carbocycles. The summed E-state index contributed by atoms with van der Waals surface area (Å²) >= 11 is 0. The molecular formula is C69H131NO5. The van der Waals surface area contributed by atoms with E-state index in [0.717, 1.165) is 44.9 Å². The molecule has 0 rings (SSSR count). The normalized spacial score (nSPS) is 12.7. The molecule has 0 aliphatic heterocycles. The number of unbranched alkanes of at least 4 members (excludes halogenated alkanes) is 48. The lowest BCUT2D eigenvalue weighted by Gasteiger charge is -2.20. The molecule has 442 valence electrons. The summed E-state index contributed by atoms with van der Waals surface area (Å²) < 4.78 is 5.48. The minimum Gasteiger partial charge on any atom is -0.466 e. The number of carbonyl (C=O) groups excluding carboxylic acids is 2. The largest absolute Gasteiger partial charge is 0.466 e. The predicted molar refractivity (Wildman–Crippen MR) is 329 cm³/mol. The first kappa shape index (κ1) is 73.1. The summed E-state index contributed by atoms with van der Waals surface area (Å²) in [4.78, 5) is 24.5. The Morgan fingerprint density at radius 1 is 0.373 bits per heavy atom. The SMILES string of the molecule is CCCCCCCCCCCCCC/C=C/C(O)C(CO)NC(=O)CCCCCCCCCCCCCCCCC/C=C\C/C=C\CCCCCCCCCCCOC(=O)CCCCCCCCCCCCCCC. The van der Waals surface area contributed by atoms with E-state index in [-0.39, 0.29) is 18.5 Å². The van der Waals surface area contributed by atoms with Crippen LogP contribution in [0.2, 0.25) is 0 Å². The molecule has 0 radical (unpaired) electrons. The molecule has 0 saturated heterocycles. The summed E-state index contributed by atoms with van der Waals surface area (Å²) in [5, 5.41) is 23.1. The van der Waals surface area contributed by atoms with Gasteiger partial charge in [0.25, 0.3) is 0 Å². The van der Waals surface area contributed by atoms with Crippen LogP contribution < -0.4 is 5.32 Å². The zero-order chi connectivity index (χ0) is 54.3. The van der Waals surface area contributed by atoms with Crippen LogP contribution in [-0.4, -0.2) is 47.4 Å². The molecule has 1 amide bonds. The molecule has 0 bridgehead atoms. The van der Waals surface area contributed by atoms with E-state index in [9.17, 15) is 19.8 Å². The van der Waals surface area contributed by atoms with Crippen molar-refractivity contribution in [3.8, 4) is 0 Å². The van der Waals surface area contributed by atoms with Crippen molar-refractivity contribution in [2.75, 3.05) is 13.2 Å². The molecule has 6 nitrogen and oxygen atoms in total. The lowest BCUT2D eigenvalue weighted by atomic mass is 10.0. The van der Waals surface area contributed by atoms with Gasteiger partial charge < -0.3 is 20.3 Å². The number of hydrogen-bond acceptors (Lipinski definition) is 5. The molecule has 0 heterocycles. The maximum Gasteiger partial charge on any atom is 0.305 e. The third-order valence-electron chi connectivity index (χ3n) is 15.7. The molecule has 75 heavy (non-hydrogen) atoms. The van der Waals surface area contributed by atoms with Crippen LogP contribution in [0.4, 0.5) is 0 Å². The van der Waals surface area contributed by atoms with Gasteiger partial charge >= 0.3 is 5.97 Å². The van der Waals surface area contributed by atoms with Gasteiger partial charge in [-0.25, -0.2) is 0 Å². The van der Waals surface area contributed by atoms with Gasteiger partial charge in [0.2, 0.25) is 5.91 Å². The zero-order valence-corrected chi connectivity index (χ0v) is 50.5. The lowest BCUT2D eigenvalue weighted by Crippen LogP contribution is -2.45. The number of esters is 1. The van der Waals surface area contributed by atoms with E-state index in [2.05, 4.69) is 43.5 Å². The summed E-state index contributed by atoms with van der Waals surface area (Å²) in [6, 6.07) is -0.627. The molecule has 2 atom stereocenters. The number of rotatable bonds is 63. The second-order valence-electron chi connectivity index (χ2n) is 23.2. The van der Waals surface area contributed by atoms with E-state index in [1.165, 1.54) is 295 Å². The molecule has 2 unspecified atom stereocenters. The predicted octanol–water partition coefficient (Wildman–Crippen LogP) is 21.5. The average molecular weight is 1050 g/mol. The van der Waals surface area contributed by atoms with E-state index in [4.69, 9.17) is 4.74 Å². The maximum absolute atomic E-state index is 12.5. The second-order valence-corrected chi connectivity index (χ2v) is 23.2. The monoisotopic (exact) mass is 1050 g/mol. The molecule has 6 heteroatoms. The molecule has 0 fully saturated rings. The Morgan fingerprint density at radius 2 is 0.667 bits per heavy atom. The third kappa shape index (κ3) is 61.2. The van der Waals surface area contributed by atoms with Crippen LogP contribution in [-0.2, 0) is 14.3 Å². The molecule has 0 spiro atoms. The van der Waals surface area contributed by atoms with Crippen molar-refractivity contribution in [2.45, 2.75) is 379 Å². The van der Waals surface area contributed by atoms with Crippen LogP contribution in [0.15, 0.2) is 36.5 Å². The van der Waals surface area contributed by atoms with Crippen LogP contribution in [0.25, 0.3) is 0 Å². The van der Waals surface area contributed by atoms with Gasteiger partial charge in [-0.1, -0.05) is 326 Å². The van der Waals surface area contributed by atoms with Crippen molar-refractivity contribution in [1.29, 1.82) is 0 Å². The van der Waals surface area contributed by atoms with E-state index in [1.807, 2.05) is 6.08 Å². The highest BCUT2D eigenvalue weighted by molar-refractivity contribution is 5.76. The zero-order valence-electron chi connectivity index (χ0n) is 50.5. The van der Waals surface area contributed by atoms with Gasteiger partial charge in [0, 0.05) is 12.8 Å². The number of amides is 1. The Hall–Kier alpha value is -1.92. The number of aliphatic hydroxyl groups is 2. The highest BCUT2D eigenvalue weighted by atomic mass is 16.5. The standard InChI is InChI=1S/C69H131NO5/c1-3-5-7-9-11-13-15-17-38-41-45-49-53-57-61-67(72)66(65-71)70-68(73)62-58-54-50-46-42-39-35-33-31-29-27-25-23-21-19-18-20-22-24-26-28-30-32-34-36-40-44-48-52-56-60-64-75-69(74)63-59-55-51-47-43-37-16-14-12-10-8-6-4-2/h20,22,26,28,57,61,66-67,71-72H,3-19,21,23-25,27,29-56,58-60,62-65H2,1-2H3,(H,70,73)/b22-20-,28-26-,61-57+. The molecule has 0 aromatic rings. The topological polar surface area (TPSA) is 95.9 Å². The summed E-state index contributed by atoms with van der Waals surface area (Å²) in [6.07, 6.45) is 82.1. The van der Waals surface area contributed by atoms with Crippen molar-refractivity contribution in [2.24, 2.45) is 0 Å². The first-order valence-corrected chi connectivity index (χ1v) is 33.8. The molecule has 3 N–H and O–H groups in total. The highest BCUT2D eigenvalue weighted by Gasteiger charge is 2.18. The molecule has 0 aromatic heterocycles. The van der Waals surface area contributed by atoms with E-state index >= 15 is 0 Å². The highest BCUT2D eigenvalue weighted by Crippen LogP contribution is 2.18. The molecular weight excluding hydrogens is 923 g/mol. The number of hydrogen-bond donors (Lipinski definition) is 3. The molecule has 0 aromatic carbocycles. The van der Waals surface area contributed by atoms with Crippen LogP contribution in [0.5, 0.6) is 0 Å². The average Bonchev–Trinajstić information content (AvgIpc) is 3.41. The fourth-order valence-corrected chi connectivity index (χ4v) is 10.5. The number of allylic oxidation sites excluding steroid dienone is 5. The number of ether oxygens (including phenoxy) is 1. The van der Waals surface area contributed by atoms with Crippen LogP contribution in [0.3, 0.4) is 0 Å². The van der Waals surface area contributed by atoms with Crippen LogP contribution >= 0.6 is 0 Å². The van der Waals surface area contributed by atoms with E-state index in [0.29, 0.717) is 19.4 Å². The Balaban J connectivity index is 3.40. The van der Waals surface area contributed by atoms with Gasteiger partial charge in [-0.05, 0) is 64.2 Å².